The van der Waals surface area contributed by atoms with Gasteiger partial charge in [-0.05, 0) is 60.4 Å². The molecule has 0 saturated heterocycles. The molecule has 0 amide bonds. The number of hydrogen-bond acceptors (Lipinski definition) is 4. The Morgan fingerprint density at radius 3 is 2.19 bits per heavy atom. The topological polar surface area (TPSA) is 51.2 Å². The van der Waals surface area contributed by atoms with Crippen LogP contribution in [0, 0.1) is 16.7 Å². The fraction of sp³-hybridized carbons (Fsp3) is 0.444. The molecule has 0 spiro atoms. The Hall–Kier alpha value is -2.33. The quantitative estimate of drug-likeness (QED) is 0.361. The standard InChI is InChI=1S/C17H16OS.C10H14O2/c1-3-11-9-10-15-16(12(11)4-2)17(18)13-7-5-6-8-14(13)19-15;1-9(2)6-4-5-10(9,3)8(12)7(6)11/h5-10H,3-4H2,1-2H3;6H,4-5H2,1-3H3. The maximum absolute atomic E-state index is 12.7. The lowest BCUT2D eigenvalue weighted by Crippen LogP contribution is -2.33. The smallest absolute Gasteiger partial charge is 0.205 e. The number of benzene rings is 2. The minimum Gasteiger partial charge on any atom is -0.291 e. The number of fused-ring (bicyclic) bond motifs is 4. The Morgan fingerprint density at radius 1 is 0.935 bits per heavy atom. The van der Waals surface area contributed by atoms with E-state index in [0.717, 1.165) is 45.9 Å². The van der Waals surface area contributed by atoms with Crippen molar-refractivity contribution in [3.63, 3.8) is 0 Å². The molecule has 1 aromatic heterocycles. The maximum Gasteiger partial charge on any atom is 0.205 e. The first-order valence-corrected chi connectivity index (χ1v) is 12.0. The molecule has 0 radical (unpaired) electrons. The molecule has 2 saturated carbocycles. The van der Waals surface area contributed by atoms with Crippen molar-refractivity contribution in [3.8, 4) is 0 Å². The number of hydrogen-bond donors (Lipinski definition) is 0. The van der Waals surface area contributed by atoms with E-state index in [0.29, 0.717) is 0 Å². The molecule has 2 bridgehead atoms. The highest BCUT2D eigenvalue weighted by Gasteiger charge is 2.66. The summed E-state index contributed by atoms with van der Waals surface area (Å²) in [5.74, 6) is -0.229. The number of rotatable bonds is 2. The second-order valence-electron chi connectivity index (χ2n) is 9.55. The second-order valence-corrected chi connectivity index (χ2v) is 10.6. The summed E-state index contributed by atoms with van der Waals surface area (Å²) in [6.45, 7) is 10.3. The van der Waals surface area contributed by atoms with Crippen molar-refractivity contribution in [1.82, 2.24) is 0 Å². The molecule has 162 valence electrons. The molecule has 2 aliphatic rings. The van der Waals surface area contributed by atoms with Gasteiger partial charge in [0.1, 0.15) is 0 Å². The summed E-state index contributed by atoms with van der Waals surface area (Å²) in [6, 6.07) is 12.2. The van der Waals surface area contributed by atoms with E-state index in [-0.39, 0.29) is 33.7 Å². The molecular weight excluding hydrogens is 404 g/mol. The molecule has 3 nitrogen and oxygen atoms in total. The van der Waals surface area contributed by atoms with Gasteiger partial charge < -0.3 is 0 Å². The molecule has 2 unspecified atom stereocenters. The molecule has 2 atom stereocenters. The van der Waals surface area contributed by atoms with Crippen LogP contribution in [-0.4, -0.2) is 11.6 Å². The molecule has 0 aliphatic heterocycles. The minimum atomic E-state index is -0.352. The molecule has 5 rings (SSSR count). The van der Waals surface area contributed by atoms with Crippen LogP contribution in [0.15, 0.2) is 41.2 Å². The lowest BCUT2D eigenvalue weighted by molar-refractivity contribution is -0.141. The van der Waals surface area contributed by atoms with Gasteiger partial charge in [-0.1, -0.05) is 52.8 Å². The van der Waals surface area contributed by atoms with Gasteiger partial charge in [-0.3, -0.25) is 14.4 Å². The second kappa shape index (κ2) is 7.67. The van der Waals surface area contributed by atoms with Crippen molar-refractivity contribution in [2.24, 2.45) is 16.7 Å². The van der Waals surface area contributed by atoms with E-state index in [1.807, 2.05) is 45.0 Å². The fourth-order valence-electron chi connectivity index (χ4n) is 5.53. The molecule has 3 aromatic rings. The summed E-state index contributed by atoms with van der Waals surface area (Å²) >= 11 is 1.71. The Balaban J connectivity index is 0.000000166. The first kappa shape index (κ1) is 21.9. The van der Waals surface area contributed by atoms with E-state index in [4.69, 9.17) is 0 Å². The average Bonchev–Trinajstić information content (AvgIpc) is 3.07. The molecule has 2 aromatic carbocycles. The summed E-state index contributed by atoms with van der Waals surface area (Å²) in [5, 5.41) is 1.79. The van der Waals surface area contributed by atoms with E-state index < -0.39 is 0 Å². The predicted octanol–water partition coefficient (Wildman–Crippen LogP) is 6.12. The van der Waals surface area contributed by atoms with Gasteiger partial charge in [0.15, 0.2) is 5.43 Å². The van der Waals surface area contributed by atoms with Crippen LogP contribution in [0.5, 0.6) is 0 Å². The minimum absolute atomic E-state index is 0.00926. The van der Waals surface area contributed by atoms with Crippen molar-refractivity contribution < 1.29 is 9.59 Å². The van der Waals surface area contributed by atoms with E-state index in [2.05, 4.69) is 26.0 Å². The van der Waals surface area contributed by atoms with Gasteiger partial charge in [0, 0.05) is 31.5 Å². The number of Topliss-reactive ketones (excluding diaryl/α,β-unsaturated/α-hetero) is 2. The largest absolute Gasteiger partial charge is 0.291 e. The van der Waals surface area contributed by atoms with Crippen molar-refractivity contribution in [2.75, 3.05) is 0 Å². The summed E-state index contributed by atoms with van der Waals surface area (Å²) in [6.07, 6.45) is 3.71. The van der Waals surface area contributed by atoms with Crippen molar-refractivity contribution in [1.29, 1.82) is 0 Å². The van der Waals surface area contributed by atoms with Crippen LogP contribution < -0.4 is 5.43 Å². The highest BCUT2D eigenvalue weighted by molar-refractivity contribution is 7.24. The molecule has 31 heavy (non-hydrogen) atoms. The average molecular weight is 435 g/mol. The highest BCUT2D eigenvalue weighted by atomic mass is 32.1. The Labute approximate surface area is 187 Å². The number of ketones is 2. The van der Waals surface area contributed by atoms with Gasteiger partial charge in [0.2, 0.25) is 11.6 Å². The van der Waals surface area contributed by atoms with Gasteiger partial charge in [-0.2, -0.15) is 0 Å². The summed E-state index contributed by atoms with van der Waals surface area (Å²) < 4.78 is 2.18. The third kappa shape index (κ3) is 3.10. The van der Waals surface area contributed by atoms with Crippen LogP contribution in [-0.2, 0) is 22.4 Å². The predicted molar refractivity (Wildman–Crippen MR) is 129 cm³/mol. The molecular formula is C27H30O3S. The van der Waals surface area contributed by atoms with Crippen molar-refractivity contribution in [2.45, 2.75) is 60.3 Å². The third-order valence-corrected chi connectivity index (χ3v) is 9.09. The van der Waals surface area contributed by atoms with Gasteiger partial charge in [0.05, 0.1) is 0 Å². The normalized spacial score (nSPS) is 24.0. The Morgan fingerprint density at radius 2 is 1.65 bits per heavy atom. The number of carbonyl (C=O) groups is 2. The van der Waals surface area contributed by atoms with Crippen LogP contribution in [0.25, 0.3) is 20.2 Å². The van der Waals surface area contributed by atoms with E-state index in [1.165, 1.54) is 11.1 Å². The summed E-state index contributed by atoms with van der Waals surface area (Å²) in [4.78, 5) is 35.7. The number of carbonyl (C=O) groups excluding carboxylic acids is 2. The molecule has 1 heterocycles. The van der Waals surface area contributed by atoms with Crippen molar-refractivity contribution >= 4 is 43.1 Å². The summed E-state index contributed by atoms with van der Waals surface area (Å²) in [5.41, 5.74) is 2.27. The highest BCUT2D eigenvalue weighted by Crippen LogP contribution is 2.61. The molecule has 2 fully saturated rings. The van der Waals surface area contributed by atoms with E-state index in [9.17, 15) is 14.4 Å². The molecule has 0 N–H and O–H groups in total. The van der Waals surface area contributed by atoms with Crippen LogP contribution >= 0.6 is 11.3 Å². The van der Waals surface area contributed by atoms with E-state index in [1.54, 1.807) is 11.3 Å². The zero-order chi connectivity index (χ0) is 22.6. The maximum atomic E-state index is 12.7. The SMILES string of the molecule is CC12CCC(C(=O)C1=O)C2(C)C.CCc1ccc2sc3ccccc3c(=O)c2c1CC. The van der Waals surface area contributed by atoms with Gasteiger partial charge in [0.25, 0.3) is 0 Å². The monoisotopic (exact) mass is 434 g/mol. The van der Waals surface area contributed by atoms with Crippen molar-refractivity contribution in [3.05, 3.63) is 57.7 Å². The summed E-state index contributed by atoms with van der Waals surface area (Å²) in [7, 11) is 0. The molecule has 4 heteroatoms. The van der Waals surface area contributed by atoms with Gasteiger partial charge >= 0.3 is 0 Å². The third-order valence-electron chi connectivity index (χ3n) is 7.95. The van der Waals surface area contributed by atoms with Gasteiger partial charge in [-0.15, -0.1) is 11.3 Å². The van der Waals surface area contributed by atoms with Crippen LogP contribution in [0.4, 0.5) is 0 Å². The van der Waals surface area contributed by atoms with Crippen LogP contribution in [0.2, 0.25) is 0 Å². The lowest BCUT2D eigenvalue weighted by atomic mass is 9.70. The zero-order valence-corrected chi connectivity index (χ0v) is 19.8. The van der Waals surface area contributed by atoms with Crippen LogP contribution in [0.1, 0.15) is 58.6 Å². The first-order chi connectivity index (χ1) is 14.7. The Bertz CT molecular complexity index is 1270. The van der Waals surface area contributed by atoms with Crippen LogP contribution in [0.3, 0.4) is 0 Å². The zero-order valence-electron chi connectivity index (χ0n) is 19.0. The number of aryl methyl sites for hydroxylation is 2. The van der Waals surface area contributed by atoms with Gasteiger partial charge in [-0.25, -0.2) is 0 Å². The fourth-order valence-corrected chi connectivity index (χ4v) is 6.64. The lowest BCUT2D eigenvalue weighted by Gasteiger charge is -2.31. The molecule has 2 aliphatic carbocycles. The first-order valence-electron chi connectivity index (χ1n) is 11.2. The van der Waals surface area contributed by atoms with E-state index >= 15 is 0 Å². The Kier molecular flexibility index (Phi) is 5.41.